The SMILES string of the molecule is C[C@@H](C(=O)OCCN)[N+](C)=S. The monoisotopic (exact) mass is 177 g/mol. The van der Waals surface area contributed by atoms with Crippen LogP contribution in [0.4, 0.5) is 0 Å². The lowest BCUT2D eigenvalue weighted by atomic mass is 10.3. The van der Waals surface area contributed by atoms with E-state index in [9.17, 15) is 4.79 Å². The summed E-state index contributed by atoms with van der Waals surface area (Å²) in [4.78, 5) is 11.0. The van der Waals surface area contributed by atoms with E-state index < -0.39 is 0 Å². The van der Waals surface area contributed by atoms with E-state index >= 15 is 0 Å². The third-order valence-electron chi connectivity index (χ3n) is 1.25. The van der Waals surface area contributed by atoms with Gasteiger partial charge in [-0.2, -0.15) is 0 Å². The molecule has 0 aromatic rings. The molecule has 0 fully saturated rings. The quantitative estimate of drug-likeness (QED) is 0.453. The number of carbonyl (C=O) groups is 1. The molecule has 0 aliphatic carbocycles. The summed E-state index contributed by atoms with van der Waals surface area (Å²) in [5.41, 5.74) is 5.14. The van der Waals surface area contributed by atoms with Crippen LogP contribution in [0.15, 0.2) is 0 Å². The van der Waals surface area contributed by atoms with Crippen LogP contribution in [0.2, 0.25) is 0 Å². The first-order valence-corrected chi connectivity index (χ1v) is 3.72. The van der Waals surface area contributed by atoms with Gasteiger partial charge in [0.2, 0.25) is 0 Å². The zero-order valence-corrected chi connectivity index (χ0v) is 7.56. The highest BCUT2D eigenvalue weighted by molar-refractivity contribution is 7.44. The molecule has 0 aromatic carbocycles. The van der Waals surface area contributed by atoms with E-state index in [1.807, 2.05) is 0 Å². The van der Waals surface area contributed by atoms with Gasteiger partial charge in [-0.3, -0.25) is 0 Å². The van der Waals surface area contributed by atoms with Crippen LogP contribution in [0.5, 0.6) is 0 Å². The van der Waals surface area contributed by atoms with Crippen LogP contribution in [0.1, 0.15) is 6.92 Å². The van der Waals surface area contributed by atoms with Gasteiger partial charge >= 0.3 is 5.97 Å². The van der Waals surface area contributed by atoms with E-state index in [0.29, 0.717) is 6.54 Å². The molecular weight excluding hydrogens is 164 g/mol. The van der Waals surface area contributed by atoms with Crippen LogP contribution in [0.25, 0.3) is 0 Å². The van der Waals surface area contributed by atoms with E-state index in [0.717, 1.165) is 0 Å². The highest BCUT2D eigenvalue weighted by atomic mass is 32.1. The van der Waals surface area contributed by atoms with E-state index in [1.54, 1.807) is 14.0 Å². The maximum absolute atomic E-state index is 11.0. The molecule has 64 valence electrons. The largest absolute Gasteiger partial charge is 0.459 e. The third kappa shape index (κ3) is 4.00. The molecule has 0 unspecified atom stereocenters. The predicted molar refractivity (Wildman–Crippen MR) is 43.0 cm³/mol. The van der Waals surface area contributed by atoms with Crippen LogP contribution in [0.3, 0.4) is 0 Å². The van der Waals surface area contributed by atoms with Gasteiger partial charge in [0, 0.05) is 13.5 Å². The molecule has 4 nitrogen and oxygen atoms in total. The first kappa shape index (κ1) is 10.4. The average molecular weight is 177 g/mol. The van der Waals surface area contributed by atoms with E-state index in [4.69, 9.17) is 22.9 Å². The molecule has 0 spiro atoms. The molecule has 0 aromatic heterocycles. The summed E-state index contributed by atoms with van der Waals surface area (Å²) in [6.07, 6.45) is 0. The number of hydrogen-bond donors (Lipinski definition) is 1. The Morgan fingerprint density at radius 1 is 1.82 bits per heavy atom. The fourth-order valence-electron chi connectivity index (χ4n) is 0.429. The van der Waals surface area contributed by atoms with Gasteiger partial charge in [0.15, 0.2) is 0 Å². The number of carbonyl (C=O) groups excluding carboxylic acids is 1. The molecule has 0 radical (unpaired) electrons. The summed E-state index contributed by atoms with van der Waals surface area (Å²) >= 11 is 4.73. The average Bonchev–Trinajstić information content (AvgIpc) is 1.98. The lowest BCUT2D eigenvalue weighted by molar-refractivity contribution is -0.493. The lowest BCUT2D eigenvalue weighted by Gasteiger charge is -2.04. The Kier molecular flexibility index (Phi) is 4.89. The molecule has 2 N–H and O–H groups in total. The maximum atomic E-state index is 11.0. The highest BCUT2D eigenvalue weighted by Gasteiger charge is 2.22. The third-order valence-corrected chi connectivity index (χ3v) is 1.56. The van der Waals surface area contributed by atoms with Gasteiger partial charge in [0.25, 0.3) is 18.5 Å². The van der Waals surface area contributed by atoms with Crippen LogP contribution >= 0.6 is 0 Å². The summed E-state index contributed by atoms with van der Waals surface area (Å²) in [6.45, 7) is 2.29. The number of nitrogens with zero attached hydrogens (tertiary/aromatic N) is 1. The van der Waals surface area contributed by atoms with E-state index in [1.165, 1.54) is 3.95 Å². The summed E-state index contributed by atoms with van der Waals surface area (Å²) < 4.78 is 6.12. The van der Waals surface area contributed by atoms with Crippen molar-refractivity contribution in [2.45, 2.75) is 13.0 Å². The molecular formula is C6H13N2O2S+. The number of esters is 1. The van der Waals surface area contributed by atoms with Crippen molar-refractivity contribution in [3.63, 3.8) is 0 Å². The van der Waals surface area contributed by atoms with Gasteiger partial charge < -0.3 is 10.5 Å². The molecule has 0 heterocycles. The fourth-order valence-corrected chi connectivity index (χ4v) is 0.515. The van der Waals surface area contributed by atoms with Crippen molar-refractivity contribution >= 4 is 18.4 Å². The fraction of sp³-hybridized carbons (Fsp3) is 0.833. The Labute approximate surface area is 71.5 Å². The molecule has 5 heteroatoms. The van der Waals surface area contributed by atoms with Crippen molar-refractivity contribution in [2.75, 3.05) is 20.2 Å². The molecule has 0 saturated carbocycles. The van der Waals surface area contributed by atoms with Crippen molar-refractivity contribution < 1.29 is 13.5 Å². The summed E-state index contributed by atoms with van der Waals surface area (Å²) in [7, 11) is 1.64. The summed E-state index contributed by atoms with van der Waals surface area (Å²) in [5, 5.41) is 0. The summed E-state index contributed by atoms with van der Waals surface area (Å²) in [6, 6.07) is -0.378. The molecule has 0 saturated heterocycles. The van der Waals surface area contributed by atoms with Crippen molar-refractivity contribution in [1.82, 2.24) is 0 Å². The van der Waals surface area contributed by atoms with Gasteiger partial charge in [0.05, 0.1) is 0 Å². The normalized spacial score (nSPS) is 12.3. The Hall–Kier alpha value is -0.550. The predicted octanol–water partition coefficient (Wildman–Crippen LogP) is -0.750. The van der Waals surface area contributed by atoms with Crippen molar-refractivity contribution in [3.8, 4) is 0 Å². The molecule has 1 atom stereocenters. The molecule has 0 aliphatic heterocycles. The van der Waals surface area contributed by atoms with Crippen LogP contribution < -0.4 is 5.73 Å². The minimum absolute atomic E-state index is 0.256. The van der Waals surface area contributed by atoms with Gasteiger partial charge in [-0.25, -0.2) is 4.79 Å². The standard InChI is InChI=1S/C6H13N2O2S/c1-5(8(2)11)6(9)10-4-3-7/h5H,3-4,7H2,1-2H3/q+1/t5-/m0/s1. The number of hydrogen-bond acceptors (Lipinski definition) is 4. The minimum atomic E-state index is -0.378. The zero-order chi connectivity index (χ0) is 8.85. The molecule has 0 amide bonds. The van der Waals surface area contributed by atoms with E-state index in [2.05, 4.69) is 0 Å². The highest BCUT2D eigenvalue weighted by Crippen LogP contribution is 1.90. The first-order chi connectivity index (χ1) is 5.09. The first-order valence-electron chi connectivity index (χ1n) is 3.36. The second-order valence-electron chi connectivity index (χ2n) is 2.18. The smallest absolute Gasteiger partial charge is 0.376 e. The Morgan fingerprint density at radius 3 is 2.73 bits per heavy atom. The molecule has 11 heavy (non-hydrogen) atoms. The number of rotatable bonds is 4. The van der Waals surface area contributed by atoms with Crippen molar-refractivity contribution in [1.29, 1.82) is 0 Å². The second kappa shape index (κ2) is 5.15. The Morgan fingerprint density at radius 2 is 2.36 bits per heavy atom. The van der Waals surface area contributed by atoms with Gasteiger partial charge in [-0.1, -0.05) is 0 Å². The van der Waals surface area contributed by atoms with Gasteiger partial charge in [0.1, 0.15) is 13.7 Å². The molecule has 0 bridgehead atoms. The van der Waals surface area contributed by atoms with E-state index in [-0.39, 0.29) is 18.6 Å². The van der Waals surface area contributed by atoms with Gasteiger partial charge in [-0.05, 0) is 0 Å². The number of nitrogens with two attached hydrogens (primary N) is 1. The topological polar surface area (TPSA) is 55.3 Å². The van der Waals surface area contributed by atoms with Crippen molar-refractivity contribution in [2.24, 2.45) is 5.73 Å². The van der Waals surface area contributed by atoms with Crippen LogP contribution in [0, 0.1) is 0 Å². The van der Waals surface area contributed by atoms with Gasteiger partial charge in [-0.15, -0.1) is 3.95 Å². The molecule has 0 rings (SSSR count). The lowest BCUT2D eigenvalue weighted by Crippen LogP contribution is -2.30. The summed E-state index contributed by atoms with van der Waals surface area (Å²) in [5.74, 6) is -0.326. The number of ether oxygens (including phenoxy) is 1. The van der Waals surface area contributed by atoms with Crippen LogP contribution in [-0.2, 0) is 22.0 Å². The maximum Gasteiger partial charge on any atom is 0.376 e. The Balaban J connectivity index is 3.74. The van der Waals surface area contributed by atoms with Crippen molar-refractivity contribution in [3.05, 3.63) is 0 Å². The number of likely N-dealkylation sites (N-methyl/N-ethyl adjacent to an activating group) is 1. The van der Waals surface area contributed by atoms with Crippen LogP contribution in [-0.4, -0.2) is 36.2 Å². The zero-order valence-electron chi connectivity index (χ0n) is 6.74. The minimum Gasteiger partial charge on any atom is -0.459 e. The second-order valence-corrected chi connectivity index (χ2v) is 2.75. The Bertz CT molecular complexity index is 161. The molecule has 0 aliphatic rings.